The predicted molar refractivity (Wildman–Crippen MR) is 88.2 cm³/mol. The molecule has 2 rings (SSSR count). The zero-order valence-electron chi connectivity index (χ0n) is 14.3. The van der Waals surface area contributed by atoms with Gasteiger partial charge in [-0.1, -0.05) is 20.8 Å². The van der Waals surface area contributed by atoms with Crippen LogP contribution in [-0.2, 0) is 16.7 Å². The molecular weight excluding hydrogens is 278 g/mol. The minimum Gasteiger partial charge on any atom is -0.383 e. The number of ether oxygens (including phenoxy) is 1. The molecule has 0 N–H and O–H groups in total. The van der Waals surface area contributed by atoms with Crippen molar-refractivity contribution in [2.75, 3.05) is 33.4 Å². The average Bonchev–Trinajstić information content (AvgIpc) is 2.47. The highest BCUT2D eigenvalue weighted by Crippen LogP contribution is 2.20. The van der Waals surface area contributed by atoms with Crippen LogP contribution in [0.4, 0.5) is 0 Å². The maximum Gasteiger partial charge on any atom is 0.253 e. The summed E-state index contributed by atoms with van der Waals surface area (Å²) in [5, 5.41) is 0. The summed E-state index contributed by atoms with van der Waals surface area (Å²) in [7, 11) is 1.74. The van der Waals surface area contributed by atoms with E-state index in [4.69, 9.17) is 4.74 Å². The van der Waals surface area contributed by atoms with Crippen LogP contribution in [0.25, 0.3) is 0 Å². The second-order valence-electron chi connectivity index (χ2n) is 7.29. The Hall–Kier alpha value is -1.20. The van der Waals surface area contributed by atoms with E-state index in [1.54, 1.807) is 24.1 Å². The van der Waals surface area contributed by atoms with Crippen molar-refractivity contribution >= 4 is 0 Å². The smallest absolute Gasteiger partial charge is 0.253 e. The number of nitrogens with zero attached hydrogens (tertiary/aromatic N) is 3. The van der Waals surface area contributed by atoms with E-state index in [2.05, 4.69) is 30.7 Å². The van der Waals surface area contributed by atoms with E-state index in [-0.39, 0.29) is 11.0 Å². The monoisotopic (exact) mass is 307 g/mol. The van der Waals surface area contributed by atoms with E-state index in [0.717, 1.165) is 51.3 Å². The molecule has 1 aliphatic rings. The molecule has 0 amide bonds. The summed E-state index contributed by atoms with van der Waals surface area (Å²) >= 11 is 0. The molecule has 0 aliphatic carbocycles. The van der Waals surface area contributed by atoms with Gasteiger partial charge in [0, 0.05) is 31.7 Å². The number of piperidine rings is 1. The van der Waals surface area contributed by atoms with E-state index >= 15 is 0 Å². The fourth-order valence-corrected chi connectivity index (χ4v) is 2.86. The minimum absolute atomic E-state index is 0.0711. The molecule has 22 heavy (non-hydrogen) atoms. The Labute approximate surface area is 133 Å². The van der Waals surface area contributed by atoms with Gasteiger partial charge in [0.15, 0.2) is 0 Å². The van der Waals surface area contributed by atoms with Crippen LogP contribution in [0.15, 0.2) is 17.2 Å². The molecule has 0 radical (unpaired) electrons. The fraction of sp³-hybridized carbons (Fsp3) is 0.765. The summed E-state index contributed by atoms with van der Waals surface area (Å²) in [5.74, 6) is 0.568. The fourth-order valence-electron chi connectivity index (χ4n) is 2.86. The van der Waals surface area contributed by atoms with Gasteiger partial charge in [-0.05, 0) is 31.8 Å². The SMILES string of the molecule is COCCN1CCC(Cn2cnc(C(C)(C)C)cc2=O)CC1. The number of methoxy groups -OCH3 is 1. The molecule has 1 aromatic heterocycles. The molecular formula is C17H29N3O2. The number of rotatable bonds is 5. The van der Waals surface area contributed by atoms with Gasteiger partial charge in [0.05, 0.1) is 18.6 Å². The quantitative estimate of drug-likeness (QED) is 0.833. The zero-order chi connectivity index (χ0) is 16.2. The molecule has 124 valence electrons. The largest absolute Gasteiger partial charge is 0.383 e. The van der Waals surface area contributed by atoms with Crippen molar-refractivity contribution in [3.8, 4) is 0 Å². The molecule has 0 spiro atoms. The average molecular weight is 307 g/mol. The first-order valence-corrected chi connectivity index (χ1v) is 8.18. The van der Waals surface area contributed by atoms with Crippen LogP contribution in [0.5, 0.6) is 0 Å². The van der Waals surface area contributed by atoms with Crippen molar-refractivity contribution in [2.24, 2.45) is 5.92 Å². The van der Waals surface area contributed by atoms with Gasteiger partial charge in [-0.3, -0.25) is 9.36 Å². The Morgan fingerprint density at radius 2 is 2.00 bits per heavy atom. The standard InChI is InChI=1S/C17H29N3O2/c1-17(2,3)15-11-16(21)20(13-18-15)12-14-5-7-19(8-6-14)9-10-22-4/h11,13-14H,5-10,12H2,1-4H3. The van der Waals surface area contributed by atoms with Crippen LogP contribution in [0.2, 0.25) is 0 Å². The van der Waals surface area contributed by atoms with E-state index in [1.807, 2.05) is 0 Å². The lowest BCUT2D eigenvalue weighted by Gasteiger charge is -2.32. The number of likely N-dealkylation sites (tertiary alicyclic amines) is 1. The van der Waals surface area contributed by atoms with Gasteiger partial charge in [0.1, 0.15) is 0 Å². The molecule has 1 saturated heterocycles. The molecule has 0 saturated carbocycles. The Bertz CT molecular complexity index is 525. The van der Waals surface area contributed by atoms with Crippen molar-refractivity contribution in [3.05, 3.63) is 28.4 Å². The second-order valence-corrected chi connectivity index (χ2v) is 7.29. The van der Waals surface area contributed by atoms with Crippen LogP contribution in [-0.4, -0.2) is 47.8 Å². The van der Waals surface area contributed by atoms with Gasteiger partial charge in [0.2, 0.25) is 0 Å². The second kappa shape index (κ2) is 7.38. The molecule has 5 heteroatoms. The first kappa shape index (κ1) is 17.2. The summed E-state index contributed by atoms with van der Waals surface area (Å²) in [6.45, 7) is 11.0. The molecule has 1 aromatic rings. The Kier molecular flexibility index (Phi) is 5.75. The predicted octanol–water partition coefficient (Wildman–Crippen LogP) is 1.90. The molecule has 0 aromatic carbocycles. The normalized spacial score (nSPS) is 17.8. The van der Waals surface area contributed by atoms with Crippen LogP contribution >= 0.6 is 0 Å². The first-order valence-electron chi connectivity index (χ1n) is 8.18. The summed E-state index contributed by atoms with van der Waals surface area (Å²) in [6, 6.07) is 1.69. The first-order chi connectivity index (χ1) is 10.4. The molecule has 0 atom stereocenters. The minimum atomic E-state index is -0.0784. The maximum atomic E-state index is 12.3. The molecule has 2 heterocycles. The van der Waals surface area contributed by atoms with E-state index in [9.17, 15) is 4.79 Å². The third kappa shape index (κ3) is 4.65. The van der Waals surface area contributed by atoms with Crippen LogP contribution in [0.3, 0.4) is 0 Å². The lowest BCUT2D eigenvalue weighted by Crippen LogP contribution is -2.38. The van der Waals surface area contributed by atoms with Crippen molar-refractivity contribution in [1.82, 2.24) is 14.5 Å². The van der Waals surface area contributed by atoms with Crippen LogP contribution < -0.4 is 5.56 Å². The van der Waals surface area contributed by atoms with Crippen LogP contribution in [0.1, 0.15) is 39.3 Å². The highest BCUT2D eigenvalue weighted by Gasteiger charge is 2.21. The summed E-state index contributed by atoms with van der Waals surface area (Å²) < 4.78 is 6.89. The molecule has 0 bridgehead atoms. The van der Waals surface area contributed by atoms with Crippen molar-refractivity contribution < 1.29 is 4.74 Å². The van der Waals surface area contributed by atoms with Crippen molar-refractivity contribution in [1.29, 1.82) is 0 Å². The highest BCUT2D eigenvalue weighted by molar-refractivity contribution is 5.10. The molecule has 0 unspecified atom stereocenters. The number of aromatic nitrogens is 2. The Balaban J connectivity index is 1.91. The Morgan fingerprint density at radius 3 is 2.55 bits per heavy atom. The summed E-state index contributed by atoms with van der Waals surface area (Å²) in [4.78, 5) is 19.2. The third-order valence-corrected chi connectivity index (χ3v) is 4.42. The number of hydrogen-bond acceptors (Lipinski definition) is 4. The van der Waals surface area contributed by atoms with E-state index < -0.39 is 0 Å². The summed E-state index contributed by atoms with van der Waals surface area (Å²) in [6.07, 6.45) is 3.99. The number of hydrogen-bond donors (Lipinski definition) is 0. The van der Waals surface area contributed by atoms with E-state index in [0.29, 0.717) is 5.92 Å². The molecule has 5 nitrogen and oxygen atoms in total. The van der Waals surface area contributed by atoms with Gasteiger partial charge in [-0.2, -0.15) is 0 Å². The maximum absolute atomic E-state index is 12.3. The molecule has 1 aliphatic heterocycles. The zero-order valence-corrected chi connectivity index (χ0v) is 14.3. The topological polar surface area (TPSA) is 47.4 Å². The van der Waals surface area contributed by atoms with Crippen molar-refractivity contribution in [2.45, 2.75) is 45.6 Å². The van der Waals surface area contributed by atoms with E-state index in [1.165, 1.54) is 0 Å². The Morgan fingerprint density at radius 1 is 1.32 bits per heavy atom. The van der Waals surface area contributed by atoms with Gasteiger partial charge >= 0.3 is 0 Å². The summed E-state index contributed by atoms with van der Waals surface area (Å²) in [5.41, 5.74) is 0.857. The van der Waals surface area contributed by atoms with Crippen LogP contribution in [0, 0.1) is 5.92 Å². The lowest BCUT2D eigenvalue weighted by atomic mass is 9.92. The lowest BCUT2D eigenvalue weighted by molar-refractivity contribution is 0.116. The van der Waals surface area contributed by atoms with Gasteiger partial charge < -0.3 is 9.64 Å². The highest BCUT2D eigenvalue weighted by atomic mass is 16.5. The van der Waals surface area contributed by atoms with Gasteiger partial charge in [0.25, 0.3) is 5.56 Å². The molecule has 1 fully saturated rings. The van der Waals surface area contributed by atoms with Gasteiger partial charge in [-0.25, -0.2) is 4.98 Å². The van der Waals surface area contributed by atoms with Gasteiger partial charge in [-0.15, -0.1) is 0 Å². The van der Waals surface area contributed by atoms with Crippen molar-refractivity contribution in [3.63, 3.8) is 0 Å². The third-order valence-electron chi connectivity index (χ3n) is 4.42.